The van der Waals surface area contributed by atoms with Crippen LogP contribution in [-0.2, 0) is 24.8 Å². The maximum Gasteiger partial charge on any atom is 0.258 e. The first-order valence-corrected chi connectivity index (χ1v) is 17.6. The fourth-order valence-electron chi connectivity index (χ4n) is 5.01. The molecule has 43 heavy (non-hydrogen) atoms. The van der Waals surface area contributed by atoms with Gasteiger partial charge in [-0.15, -0.1) is 0 Å². The minimum atomic E-state index is -3.95. The van der Waals surface area contributed by atoms with Gasteiger partial charge in [0, 0.05) is 38.3 Å². The van der Waals surface area contributed by atoms with Gasteiger partial charge in [-0.3, -0.25) is 9.52 Å². The van der Waals surface area contributed by atoms with Crippen LogP contribution in [0, 0.1) is 19.8 Å². The summed E-state index contributed by atoms with van der Waals surface area (Å²) in [6, 6.07) is 3.90. The average Bonchev–Trinajstić information content (AvgIpc) is 3.27. The first-order chi connectivity index (χ1) is 20.0. The first-order valence-electron chi connectivity index (χ1n) is 14.3. The van der Waals surface area contributed by atoms with Gasteiger partial charge in [0.25, 0.3) is 5.91 Å². The summed E-state index contributed by atoms with van der Waals surface area (Å²) in [7, 11) is -6.10. The van der Waals surface area contributed by atoms with Crippen molar-refractivity contribution in [2.45, 2.75) is 77.0 Å². The highest BCUT2D eigenvalue weighted by Gasteiger charge is 2.34. The van der Waals surface area contributed by atoms with Gasteiger partial charge >= 0.3 is 0 Å². The zero-order valence-corrected chi connectivity index (χ0v) is 27.5. The second-order valence-corrected chi connectivity index (χ2v) is 15.1. The fraction of sp³-hybridized carbons (Fsp3) is 0.643. The fourth-order valence-corrected chi connectivity index (χ4v) is 7.03. The minimum absolute atomic E-state index is 0.00161. The molecule has 15 heteroatoms. The van der Waals surface area contributed by atoms with Crippen molar-refractivity contribution in [2.75, 3.05) is 44.3 Å². The molecule has 0 saturated carbocycles. The molecule has 2 aromatic rings. The van der Waals surface area contributed by atoms with E-state index < -0.39 is 38.1 Å². The average molecular weight is 645 g/mol. The Morgan fingerprint density at radius 1 is 1.19 bits per heavy atom. The van der Waals surface area contributed by atoms with Gasteiger partial charge in [-0.25, -0.2) is 16.8 Å². The zero-order valence-electron chi connectivity index (χ0n) is 25.9. The molecule has 0 radical (unpaired) electrons. The number of hydrogen-bond donors (Lipinski definition) is 2. The Bertz CT molecular complexity index is 1460. The van der Waals surface area contributed by atoms with Crippen LogP contribution in [0.2, 0.25) is 0 Å². The number of hydrogen-bond acceptors (Lipinski definition) is 10. The van der Waals surface area contributed by atoms with Crippen molar-refractivity contribution in [2.24, 2.45) is 5.92 Å². The second-order valence-electron chi connectivity index (χ2n) is 11.3. The molecule has 1 aliphatic rings. The summed E-state index contributed by atoms with van der Waals surface area (Å²) in [5.74, 6) is -0.351. The van der Waals surface area contributed by atoms with Gasteiger partial charge in [-0.1, -0.05) is 12.1 Å². The molecular formula is C28H44N4O9S2. The number of likely N-dealkylation sites (N-methyl/N-ethyl adjacent to an activating group) is 1. The van der Waals surface area contributed by atoms with Crippen LogP contribution in [0.4, 0.5) is 5.69 Å². The van der Waals surface area contributed by atoms with E-state index in [0.717, 1.165) is 12.7 Å². The molecular weight excluding hydrogens is 600 g/mol. The summed E-state index contributed by atoms with van der Waals surface area (Å²) in [6.07, 6.45) is 2.29. The van der Waals surface area contributed by atoms with Crippen molar-refractivity contribution in [3.63, 3.8) is 0 Å². The summed E-state index contributed by atoms with van der Waals surface area (Å²) in [5.41, 5.74) is 0.599. The van der Waals surface area contributed by atoms with Crippen molar-refractivity contribution >= 4 is 31.6 Å². The number of aryl methyl sites for hydroxylation is 2. The van der Waals surface area contributed by atoms with Crippen LogP contribution in [0.1, 0.15) is 61.8 Å². The Hall–Kier alpha value is -2.72. The lowest BCUT2D eigenvalue weighted by molar-refractivity contribution is -0.00835. The summed E-state index contributed by atoms with van der Waals surface area (Å²) in [5, 5.41) is 13.9. The molecule has 2 N–H and O–H groups in total. The van der Waals surface area contributed by atoms with Crippen LogP contribution in [0.25, 0.3) is 0 Å². The molecule has 1 aromatic carbocycles. The van der Waals surface area contributed by atoms with E-state index in [9.17, 15) is 26.7 Å². The molecule has 0 aliphatic carbocycles. The van der Waals surface area contributed by atoms with Gasteiger partial charge in [0.15, 0.2) is 5.76 Å². The smallest absolute Gasteiger partial charge is 0.258 e. The maximum atomic E-state index is 14.1. The quantitative estimate of drug-likeness (QED) is 0.436. The van der Waals surface area contributed by atoms with Gasteiger partial charge in [-0.05, 0) is 65.2 Å². The molecule has 1 aromatic heterocycles. The number of rotatable bonds is 8. The Labute approximate surface area is 254 Å². The topological polar surface area (TPSA) is 169 Å². The predicted octanol–water partition coefficient (Wildman–Crippen LogP) is 2.78. The number of amides is 1. The Kier molecular flexibility index (Phi) is 11.6. The number of aliphatic hydroxyl groups excluding tert-OH is 1. The number of benzene rings is 1. The van der Waals surface area contributed by atoms with Gasteiger partial charge in [0.05, 0.1) is 36.7 Å². The SMILES string of the molecule is Cc1noc(C)c1S(=O)(=O)N(C)C[C@@H]1OCCCC[C@@H](C)Oc2ccc(NS(C)(=O)=O)cc2C(=O)N([C@H](C)CO)C[C@H]1C. The van der Waals surface area contributed by atoms with Gasteiger partial charge in [0.1, 0.15) is 16.3 Å². The lowest BCUT2D eigenvalue weighted by Crippen LogP contribution is -2.48. The molecule has 1 amide bonds. The normalized spacial score (nSPS) is 22.0. The number of fused-ring (bicyclic) bond motifs is 1. The third kappa shape index (κ3) is 8.91. The number of aliphatic hydroxyl groups is 1. The standard InChI is InChI=1S/C28H44N4O9S2/c1-18-15-32(19(2)17-33)28(34)24-14-23(30-42(7,35)36)11-12-25(24)40-20(3)10-8-9-13-39-26(18)16-31(6)43(37,38)27-21(4)29-41-22(27)5/h11-12,14,18-20,26,30,33H,8-10,13,15-17H2,1-7H3/t18-,19-,20-,26+/m1/s1. The molecule has 0 saturated heterocycles. The van der Waals surface area contributed by atoms with Gasteiger partial charge in [0.2, 0.25) is 20.0 Å². The third-order valence-electron chi connectivity index (χ3n) is 7.43. The van der Waals surface area contributed by atoms with E-state index in [1.54, 1.807) is 26.8 Å². The van der Waals surface area contributed by atoms with Gasteiger partial charge < -0.3 is 24.0 Å². The number of sulfonamides is 2. The number of anilines is 1. The monoisotopic (exact) mass is 644 g/mol. The largest absolute Gasteiger partial charge is 0.490 e. The molecule has 1 aliphatic heterocycles. The summed E-state index contributed by atoms with van der Waals surface area (Å²) in [4.78, 5) is 15.6. The molecule has 4 atom stereocenters. The Morgan fingerprint density at radius 2 is 1.88 bits per heavy atom. The number of carbonyl (C=O) groups excluding carboxylic acids is 1. The van der Waals surface area contributed by atoms with Crippen LogP contribution >= 0.6 is 0 Å². The molecule has 0 fully saturated rings. The predicted molar refractivity (Wildman–Crippen MR) is 161 cm³/mol. The maximum absolute atomic E-state index is 14.1. The first kappa shape index (κ1) is 34.8. The van der Waals surface area contributed by atoms with Crippen molar-refractivity contribution < 1.29 is 40.7 Å². The number of ether oxygens (including phenoxy) is 2. The molecule has 0 bridgehead atoms. The molecule has 242 valence electrons. The summed E-state index contributed by atoms with van der Waals surface area (Å²) < 4.78 is 71.8. The van der Waals surface area contributed by atoms with E-state index >= 15 is 0 Å². The number of carbonyl (C=O) groups is 1. The van der Waals surface area contributed by atoms with E-state index in [4.69, 9.17) is 14.0 Å². The van der Waals surface area contributed by atoms with E-state index in [1.807, 2.05) is 13.8 Å². The Balaban J connectivity index is 2.00. The van der Waals surface area contributed by atoms with Gasteiger partial charge in [-0.2, -0.15) is 4.31 Å². The van der Waals surface area contributed by atoms with Crippen molar-refractivity contribution in [3.8, 4) is 5.75 Å². The van der Waals surface area contributed by atoms with E-state index in [-0.39, 0.29) is 59.3 Å². The van der Waals surface area contributed by atoms with Crippen LogP contribution in [0.5, 0.6) is 5.75 Å². The summed E-state index contributed by atoms with van der Waals surface area (Å²) in [6.45, 7) is 8.71. The van der Waals surface area contributed by atoms with Crippen LogP contribution in [-0.4, -0.2) is 100 Å². The highest BCUT2D eigenvalue weighted by atomic mass is 32.2. The summed E-state index contributed by atoms with van der Waals surface area (Å²) >= 11 is 0. The van der Waals surface area contributed by atoms with E-state index in [2.05, 4.69) is 9.88 Å². The highest BCUT2D eigenvalue weighted by molar-refractivity contribution is 7.92. The van der Waals surface area contributed by atoms with Crippen LogP contribution in [0.15, 0.2) is 27.6 Å². The lowest BCUT2D eigenvalue weighted by Gasteiger charge is -2.35. The molecule has 0 unspecified atom stereocenters. The molecule has 0 spiro atoms. The van der Waals surface area contributed by atoms with Crippen molar-refractivity contribution in [1.29, 1.82) is 0 Å². The van der Waals surface area contributed by atoms with E-state index in [1.165, 1.54) is 28.4 Å². The van der Waals surface area contributed by atoms with Crippen molar-refractivity contribution in [3.05, 3.63) is 35.2 Å². The minimum Gasteiger partial charge on any atom is -0.490 e. The highest BCUT2D eigenvalue weighted by Crippen LogP contribution is 2.29. The van der Waals surface area contributed by atoms with Crippen LogP contribution < -0.4 is 9.46 Å². The number of nitrogens with zero attached hydrogens (tertiary/aromatic N) is 3. The molecule has 13 nitrogen and oxygen atoms in total. The Morgan fingerprint density at radius 3 is 2.49 bits per heavy atom. The third-order valence-corrected chi connectivity index (χ3v) is 10.1. The zero-order chi connectivity index (χ0) is 32.1. The second kappa shape index (κ2) is 14.4. The number of nitrogens with one attached hydrogen (secondary N) is 1. The lowest BCUT2D eigenvalue weighted by atomic mass is 10.0. The molecule has 3 rings (SSSR count). The van der Waals surface area contributed by atoms with Crippen LogP contribution in [0.3, 0.4) is 0 Å². The van der Waals surface area contributed by atoms with E-state index in [0.29, 0.717) is 25.2 Å². The van der Waals surface area contributed by atoms with Crippen molar-refractivity contribution in [1.82, 2.24) is 14.4 Å². The molecule has 2 heterocycles. The number of aromatic nitrogens is 1.